The molecule has 0 aliphatic heterocycles. The van der Waals surface area contributed by atoms with Gasteiger partial charge in [0.2, 0.25) is 5.91 Å². The van der Waals surface area contributed by atoms with Crippen LogP contribution in [0.15, 0.2) is 36.5 Å². The Balaban J connectivity index is 2.44. The van der Waals surface area contributed by atoms with Crippen molar-refractivity contribution in [2.24, 2.45) is 0 Å². The molecule has 0 heterocycles. The van der Waals surface area contributed by atoms with Crippen molar-refractivity contribution in [3.05, 3.63) is 36.5 Å². The van der Waals surface area contributed by atoms with Crippen LogP contribution < -0.4 is 5.32 Å². The molecular weight excluding hydrogens is 741 g/mol. The molecule has 1 amide bonds. The number of amides is 1. The highest BCUT2D eigenvalue weighted by atomic mass is 31.2. The molecule has 0 aromatic carbocycles. The molecule has 8 atom stereocenters. The fourth-order valence-corrected chi connectivity index (χ4v) is 7.66. The van der Waals surface area contributed by atoms with Crippen LogP contribution in [0.5, 0.6) is 0 Å². The summed E-state index contributed by atoms with van der Waals surface area (Å²) in [6.07, 6.45) is 21.4. The predicted molar refractivity (Wildman–Crippen MR) is 220 cm³/mol. The molecule has 0 aromatic rings. The van der Waals surface area contributed by atoms with Gasteiger partial charge in [-0.05, 0) is 44.9 Å². The van der Waals surface area contributed by atoms with Gasteiger partial charge in [-0.3, -0.25) is 13.8 Å². The minimum atomic E-state index is -5.13. The van der Waals surface area contributed by atoms with Gasteiger partial charge in [-0.1, -0.05) is 147 Å². The lowest BCUT2D eigenvalue weighted by Crippen LogP contribution is -2.64. The van der Waals surface area contributed by atoms with E-state index < -0.39 is 75.2 Å². The zero-order chi connectivity index (χ0) is 41.6. The molecule has 56 heavy (non-hydrogen) atoms. The summed E-state index contributed by atoms with van der Waals surface area (Å²) in [5, 5.41) is 74.0. The highest BCUT2D eigenvalue weighted by Gasteiger charge is 2.51. The lowest BCUT2D eigenvalue weighted by atomic mass is 9.85. The first-order valence-electron chi connectivity index (χ1n) is 21.5. The maximum absolute atomic E-state index is 12.9. The van der Waals surface area contributed by atoms with Crippen LogP contribution >= 0.6 is 7.82 Å². The Morgan fingerprint density at radius 3 is 1.70 bits per heavy atom. The summed E-state index contributed by atoms with van der Waals surface area (Å²) in [6, 6.07) is -1.24. The topological polar surface area (TPSA) is 226 Å². The van der Waals surface area contributed by atoms with Gasteiger partial charge in [0.05, 0.1) is 31.3 Å². The first-order chi connectivity index (χ1) is 26.8. The number of carbonyl (C=O) groups excluding carboxylic acids is 1. The summed E-state index contributed by atoms with van der Waals surface area (Å²) in [6.45, 7) is 3.54. The minimum absolute atomic E-state index is 0.246. The molecule has 1 rings (SSSR count). The molecule has 9 N–H and O–H groups in total. The molecular formula is C42H78NO12P. The predicted octanol–water partition coefficient (Wildman–Crippen LogP) is 6.19. The number of allylic oxidation sites excluding steroid dienone is 5. The van der Waals surface area contributed by atoms with Gasteiger partial charge in [-0.2, -0.15) is 0 Å². The van der Waals surface area contributed by atoms with Crippen molar-refractivity contribution in [1.82, 2.24) is 5.32 Å². The van der Waals surface area contributed by atoms with Crippen LogP contribution in [0, 0.1) is 0 Å². The van der Waals surface area contributed by atoms with E-state index in [9.17, 15) is 50.0 Å². The van der Waals surface area contributed by atoms with Crippen molar-refractivity contribution >= 4 is 13.7 Å². The largest absolute Gasteiger partial charge is 0.472 e. The number of aliphatic hydroxyl groups is 7. The molecule has 0 saturated heterocycles. The van der Waals surface area contributed by atoms with Gasteiger partial charge >= 0.3 is 7.82 Å². The van der Waals surface area contributed by atoms with Gasteiger partial charge in [0.1, 0.15) is 36.6 Å². The van der Waals surface area contributed by atoms with E-state index in [1.54, 1.807) is 6.08 Å². The Kier molecular flexibility index (Phi) is 30.4. The van der Waals surface area contributed by atoms with Crippen LogP contribution in [0.1, 0.15) is 162 Å². The summed E-state index contributed by atoms with van der Waals surface area (Å²) < 4.78 is 22.7. The minimum Gasteiger partial charge on any atom is -0.393 e. The Morgan fingerprint density at radius 1 is 0.661 bits per heavy atom. The summed E-state index contributed by atoms with van der Waals surface area (Å²) in [7, 11) is -5.13. The zero-order valence-corrected chi connectivity index (χ0v) is 35.2. The molecule has 1 fully saturated rings. The lowest BCUT2D eigenvalue weighted by Gasteiger charge is -2.41. The molecule has 0 radical (unpaired) electrons. The van der Waals surface area contributed by atoms with Crippen LogP contribution in [0.25, 0.3) is 0 Å². The highest BCUT2D eigenvalue weighted by Crippen LogP contribution is 2.47. The molecule has 8 unspecified atom stereocenters. The number of phosphoric ester groups is 1. The van der Waals surface area contributed by atoms with Crippen molar-refractivity contribution in [2.75, 3.05) is 6.61 Å². The van der Waals surface area contributed by atoms with E-state index in [-0.39, 0.29) is 6.42 Å². The van der Waals surface area contributed by atoms with Crippen LogP contribution in [0.2, 0.25) is 0 Å². The molecule has 1 saturated carbocycles. The van der Waals surface area contributed by atoms with Crippen molar-refractivity contribution in [3.63, 3.8) is 0 Å². The molecule has 0 spiro atoms. The van der Waals surface area contributed by atoms with Crippen LogP contribution in [-0.4, -0.2) is 108 Å². The Labute approximate surface area is 336 Å². The summed E-state index contributed by atoms with van der Waals surface area (Å²) in [4.78, 5) is 23.3. The second kappa shape index (κ2) is 32.4. The van der Waals surface area contributed by atoms with Gasteiger partial charge in [0.15, 0.2) is 0 Å². The smallest absolute Gasteiger partial charge is 0.393 e. The van der Waals surface area contributed by atoms with E-state index in [2.05, 4.69) is 43.5 Å². The maximum atomic E-state index is 12.9. The standard InChI is InChI=1S/C42H78NO12P/c1-3-5-7-9-11-12-13-14-15-16-17-18-19-20-21-22-24-25-27-29-33(44)31-36(46)43-34(35(45)30-28-26-23-10-8-6-4-2)32-54-56(52,53)55-42-40(50)38(48)37(47)39(49)41(42)51/h5,7,11-12,28,30,33-35,37-42,44-45,47-51H,3-4,6,8-10,13-27,29,31-32H2,1-2H3,(H,43,46)(H,52,53)/b7-5-,12-11-,30-28+. The third kappa shape index (κ3) is 24.4. The normalized spacial score (nSPS) is 24.5. The number of carbonyl (C=O) groups is 1. The Hall–Kier alpha value is -1.48. The number of aliphatic hydroxyl groups excluding tert-OH is 7. The first-order valence-corrected chi connectivity index (χ1v) is 23.0. The SMILES string of the molecule is CC/C=C\C/C=C\CCCCCCCCCCCCCCC(O)CC(=O)NC(COP(=O)(O)OC1C(O)C(O)C(O)C(O)C1O)C(O)/C=C/CCCCCCC. The number of rotatable bonds is 34. The van der Waals surface area contributed by atoms with E-state index in [0.717, 1.165) is 70.6 Å². The van der Waals surface area contributed by atoms with Gasteiger partial charge in [0, 0.05) is 0 Å². The third-order valence-electron chi connectivity index (χ3n) is 10.2. The average molecular weight is 820 g/mol. The molecule has 328 valence electrons. The average Bonchev–Trinajstić information content (AvgIpc) is 3.17. The van der Waals surface area contributed by atoms with E-state index in [1.807, 2.05) is 0 Å². The summed E-state index contributed by atoms with van der Waals surface area (Å²) in [5.41, 5.74) is 0. The Bertz CT molecular complexity index is 1110. The number of nitrogens with one attached hydrogen (secondary N) is 1. The second-order valence-corrected chi connectivity index (χ2v) is 16.8. The van der Waals surface area contributed by atoms with Crippen LogP contribution in [0.3, 0.4) is 0 Å². The van der Waals surface area contributed by atoms with Gasteiger partial charge < -0.3 is 46.0 Å². The molecule has 13 nitrogen and oxygen atoms in total. The molecule has 1 aliphatic rings. The lowest BCUT2D eigenvalue weighted by molar-refractivity contribution is -0.220. The molecule has 0 bridgehead atoms. The van der Waals surface area contributed by atoms with E-state index in [1.165, 1.54) is 63.9 Å². The fourth-order valence-electron chi connectivity index (χ4n) is 6.69. The van der Waals surface area contributed by atoms with E-state index >= 15 is 0 Å². The molecule has 14 heteroatoms. The number of hydrogen-bond acceptors (Lipinski definition) is 11. The molecule has 0 aromatic heterocycles. The zero-order valence-electron chi connectivity index (χ0n) is 34.3. The number of unbranched alkanes of at least 4 members (excludes halogenated alkanes) is 17. The maximum Gasteiger partial charge on any atom is 0.472 e. The van der Waals surface area contributed by atoms with Crippen molar-refractivity contribution in [2.45, 2.75) is 216 Å². The van der Waals surface area contributed by atoms with Crippen LogP contribution in [-0.2, 0) is 18.4 Å². The van der Waals surface area contributed by atoms with Crippen LogP contribution in [0.4, 0.5) is 0 Å². The fraction of sp³-hybridized carbons (Fsp3) is 0.833. The third-order valence-corrected chi connectivity index (χ3v) is 11.2. The van der Waals surface area contributed by atoms with Gasteiger partial charge in [-0.15, -0.1) is 0 Å². The number of hydrogen-bond donors (Lipinski definition) is 9. The van der Waals surface area contributed by atoms with Crippen molar-refractivity contribution < 1.29 is 59.0 Å². The first kappa shape index (κ1) is 52.5. The molecule has 1 aliphatic carbocycles. The second-order valence-electron chi connectivity index (χ2n) is 15.3. The Morgan fingerprint density at radius 2 is 1.14 bits per heavy atom. The quantitative estimate of drug-likeness (QED) is 0.0201. The summed E-state index contributed by atoms with van der Waals surface area (Å²) >= 11 is 0. The van der Waals surface area contributed by atoms with Gasteiger partial charge in [-0.25, -0.2) is 4.57 Å². The highest BCUT2D eigenvalue weighted by molar-refractivity contribution is 7.47. The van der Waals surface area contributed by atoms with Crippen molar-refractivity contribution in [1.29, 1.82) is 0 Å². The van der Waals surface area contributed by atoms with Crippen molar-refractivity contribution in [3.8, 4) is 0 Å². The van der Waals surface area contributed by atoms with E-state index in [4.69, 9.17) is 9.05 Å². The van der Waals surface area contributed by atoms with Gasteiger partial charge in [0.25, 0.3) is 0 Å². The summed E-state index contributed by atoms with van der Waals surface area (Å²) in [5.74, 6) is -0.600. The van der Waals surface area contributed by atoms with E-state index in [0.29, 0.717) is 12.8 Å². The monoisotopic (exact) mass is 820 g/mol. The number of phosphoric acid groups is 1.